The molecule has 0 spiro atoms. The van der Waals surface area contributed by atoms with Crippen LogP contribution >= 0.6 is 0 Å². The van der Waals surface area contributed by atoms with E-state index in [0.29, 0.717) is 24.5 Å². The summed E-state index contributed by atoms with van der Waals surface area (Å²) in [7, 11) is 1.87. The van der Waals surface area contributed by atoms with Gasteiger partial charge in [0.15, 0.2) is 0 Å². The second-order valence-electron chi connectivity index (χ2n) is 8.72. The Morgan fingerprint density at radius 3 is 2.31 bits per heavy atom. The third-order valence-corrected chi connectivity index (χ3v) is 6.20. The minimum absolute atomic E-state index is 0.0259. The molecule has 0 aliphatic carbocycles. The number of para-hydroxylation sites is 1. The molecule has 1 aromatic heterocycles. The van der Waals surface area contributed by atoms with Gasteiger partial charge in [0.25, 0.3) is 5.91 Å². The van der Waals surface area contributed by atoms with Crippen molar-refractivity contribution in [2.24, 2.45) is 7.05 Å². The topological polar surface area (TPSA) is 56.6 Å². The fourth-order valence-corrected chi connectivity index (χ4v) is 4.46. The summed E-state index contributed by atoms with van der Waals surface area (Å²) >= 11 is 0. The monoisotopic (exact) mass is 467 g/mol. The summed E-state index contributed by atoms with van der Waals surface area (Å²) in [5.74, 6) is 1.30. The molecule has 1 aliphatic heterocycles. The summed E-state index contributed by atoms with van der Waals surface area (Å²) in [6.45, 7) is 1.61. The normalized spacial score (nSPS) is 15.2. The van der Waals surface area contributed by atoms with E-state index in [1.165, 1.54) is 0 Å². The Balaban J connectivity index is 1.55. The first-order chi connectivity index (χ1) is 17.2. The largest absolute Gasteiger partial charge is 0.439 e. The van der Waals surface area contributed by atoms with Gasteiger partial charge >= 0.3 is 0 Å². The Morgan fingerprint density at radius 1 is 1.00 bits per heavy atom. The van der Waals surface area contributed by atoms with Gasteiger partial charge < -0.3 is 14.4 Å². The lowest BCUT2D eigenvalue weighted by molar-refractivity contribution is 0.0506. The van der Waals surface area contributed by atoms with Crippen molar-refractivity contribution in [3.8, 4) is 22.9 Å². The van der Waals surface area contributed by atoms with Gasteiger partial charge in [-0.2, -0.15) is 5.10 Å². The van der Waals surface area contributed by atoms with E-state index in [1.54, 1.807) is 4.68 Å². The highest BCUT2D eigenvalue weighted by atomic mass is 16.5. The number of rotatable bonds is 8. The van der Waals surface area contributed by atoms with Crippen LogP contribution in [0.3, 0.4) is 0 Å². The molecule has 2 heterocycles. The van der Waals surface area contributed by atoms with Gasteiger partial charge in [0.05, 0.1) is 18.2 Å². The zero-order valence-corrected chi connectivity index (χ0v) is 19.8. The van der Waals surface area contributed by atoms with E-state index in [-0.39, 0.29) is 12.0 Å². The van der Waals surface area contributed by atoms with Gasteiger partial charge in [0.2, 0.25) is 5.88 Å². The maximum absolute atomic E-state index is 13.7. The molecule has 5 rings (SSSR count). The number of ether oxygens (including phenoxy) is 2. The van der Waals surface area contributed by atoms with E-state index in [1.807, 2.05) is 103 Å². The van der Waals surface area contributed by atoms with Gasteiger partial charge in [0.1, 0.15) is 11.4 Å². The number of hydrogen-bond acceptors (Lipinski definition) is 4. The lowest BCUT2D eigenvalue weighted by atomic mass is 10.1. The summed E-state index contributed by atoms with van der Waals surface area (Å²) in [6.07, 6.45) is 1.99. The number of aryl methyl sites for hydroxylation is 1. The van der Waals surface area contributed by atoms with Crippen molar-refractivity contribution in [3.05, 3.63) is 102 Å². The first-order valence-corrected chi connectivity index (χ1v) is 12.0. The molecule has 1 fully saturated rings. The molecule has 0 N–H and O–H groups in total. The number of amides is 1. The summed E-state index contributed by atoms with van der Waals surface area (Å²) in [4.78, 5) is 15.5. The summed E-state index contributed by atoms with van der Waals surface area (Å²) < 4.78 is 14.0. The lowest BCUT2D eigenvalue weighted by Gasteiger charge is -2.26. The molecule has 178 valence electrons. The van der Waals surface area contributed by atoms with Crippen molar-refractivity contribution < 1.29 is 14.3 Å². The zero-order chi connectivity index (χ0) is 24.0. The Bertz CT molecular complexity index is 1250. The molecule has 1 saturated heterocycles. The molecule has 4 aromatic rings. The molecule has 35 heavy (non-hydrogen) atoms. The smallest absolute Gasteiger partial charge is 0.254 e. The van der Waals surface area contributed by atoms with Crippen LogP contribution in [0.2, 0.25) is 0 Å². The number of aromatic nitrogens is 2. The molecule has 6 heteroatoms. The number of benzene rings is 3. The van der Waals surface area contributed by atoms with Gasteiger partial charge in [-0.05, 0) is 37.1 Å². The number of hydrogen-bond donors (Lipinski definition) is 0. The van der Waals surface area contributed by atoms with E-state index in [4.69, 9.17) is 14.6 Å². The number of carbonyl (C=O) groups excluding carboxylic acids is 1. The first kappa shape index (κ1) is 22.9. The third kappa shape index (κ3) is 5.28. The molecular weight excluding hydrogens is 438 g/mol. The van der Waals surface area contributed by atoms with Crippen LogP contribution in [0.1, 0.15) is 28.8 Å². The van der Waals surface area contributed by atoms with E-state index in [0.717, 1.165) is 42.0 Å². The molecule has 1 aliphatic rings. The Kier molecular flexibility index (Phi) is 6.91. The third-order valence-electron chi connectivity index (χ3n) is 6.20. The maximum Gasteiger partial charge on any atom is 0.254 e. The Labute approximate surface area is 205 Å². The Hall–Kier alpha value is -3.90. The molecule has 6 nitrogen and oxygen atoms in total. The predicted molar refractivity (Wildman–Crippen MR) is 135 cm³/mol. The molecule has 1 unspecified atom stereocenters. The molecule has 3 aromatic carbocycles. The Morgan fingerprint density at radius 2 is 1.66 bits per heavy atom. The second-order valence-corrected chi connectivity index (χ2v) is 8.72. The predicted octanol–water partition coefficient (Wildman–Crippen LogP) is 5.70. The van der Waals surface area contributed by atoms with Crippen LogP contribution in [-0.2, 0) is 18.3 Å². The van der Waals surface area contributed by atoms with E-state index >= 15 is 0 Å². The zero-order valence-electron chi connectivity index (χ0n) is 19.8. The van der Waals surface area contributed by atoms with Gasteiger partial charge in [-0.1, -0.05) is 66.7 Å². The van der Waals surface area contributed by atoms with Crippen LogP contribution in [0.15, 0.2) is 91.0 Å². The van der Waals surface area contributed by atoms with E-state index in [9.17, 15) is 4.79 Å². The quantitative estimate of drug-likeness (QED) is 0.334. The molecule has 0 bridgehead atoms. The second kappa shape index (κ2) is 10.6. The highest BCUT2D eigenvalue weighted by molar-refractivity contribution is 5.94. The fourth-order valence-electron chi connectivity index (χ4n) is 4.46. The van der Waals surface area contributed by atoms with Crippen LogP contribution in [0.25, 0.3) is 11.3 Å². The molecule has 0 radical (unpaired) electrons. The van der Waals surface area contributed by atoms with Crippen LogP contribution in [-0.4, -0.2) is 39.8 Å². The van der Waals surface area contributed by atoms with Crippen LogP contribution in [0, 0.1) is 0 Å². The van der Waals surface area contributed by atoms with Crippen molar-refractivity contribution in [3.63, 3.8) is 0 Å². The van der Waals surface area contributed by atoms with Crippen molar-refractivity contribution in [2.75, 3.05) is 13.2 Å². The van der Waals surface area contributed by atoms with Gasteiger partial charge in [-0.15, -0.1) is 0 Å². The maximum atomic E-state index is 13.7. The number of carbonyl (C=O) groups is 1. The molecule has 1 atom stereocenters. The van der Waals surface area contributed by atoms with Gasteiger partial charge in [-0.3, -0.25) is 4.79 Å². The van der Waals surface area contributed by atoms with Crippen LogP contribution < -0.4 is 4.74 Å². The lowest BCUT2D eigenvalue weighted by Crippen LogP contribution is -2.37. The van der Waals surface area contributed by atoms with Crippen molar-refractivity contribution in [2.45, 2.75) is 25.5 Å². The SMILES string of the molecule is Cn1nc(-c2ccccc2)c(CN(CC2CCCO2)C(=O)c2ccccc2)c1Oc1ccccc1. The minimum atomic E-state index is -0.0328. The van der Waals surface area contributed by atoms with Crippen LogP contribution in [0.4, 0.5) is 0 Å². The van der Waals surface area contributed by atoms with Crippen LogP contribution in [0.5, 0.6) is 11.6 Å². The van der Waals surface area contributed by atoms with Crippen molar-refractivity contribution in [1.29, 1.82) is 0 Å². The minimum Gasteiger partial charge on any atom is -0.439 e. The molecular formula is C29H29N3O3. The summed E-state index contributed by atoms with van der Waals surface area (Å²) in [5.41, 5.74) is 3.30. The van der Waals surface area contributed by atoms with Crippen molar-refractivity contribution >= 4 is 5.91 Å². The molecule has 1 amide bonds. The fraction of sp³-hybridized carbons (Fsp3) is 0.241. The van der Waals surface area contributed by atoms with Crippen molar-refractivity contribution in [1.82, 2.24) is 14.7 Å². The highest BCUT2D eigenvalue weighted by Gasteiger charge is 2.28. The summed E-state index contributed by atoms with van der Waals surface area (Å²) in [5, 5.41) is 4.82. The van der Waals surface area contributed by atoms with E-state index < -0.39 is 0 Å². The molecule has 0 saturated carbocycles. The first-order valence-electron chi connectivity index (χ1n) is 12.0. The highest BCUT2D eigenvalue weighted by Crippen LogP contribution is 2.34. The van der Waals surface area contributed by atoms with Gasteiger partial charge in [0, 0.05) is 31.3 Å². The summed E-state index contributed by atoms with van der Waals surface area (Å²) in [6, 6.07) is 29.1. The number of nitrogens with zero attached hydrogens (tertiary/aromatic N) is 3. The average Bonchev–Trinajstić information content (AvgIpc) is 3.53. The standard InChI is InChI=1S/C29H29N3O3/c1-31-29(35-24-16-9-4-10-17-24)26(27(30-31)22-12-5-2-6-13-22)21-32(20-25-18-11-19-34-25)28(33)23-14-7-3-8-15-23/h2-10,12-17,25H,11,18-21H2,1H3. The van der Waals surface area contributed by atoms with Gasteiger partial charge in [-0.25, -0.2) is 4.68 Å². The van der Waals surface area contributed by atoms with E-state index in [2.05, 4.69) is 0 Å². The average molecular weight is 468 g/mol.